The van der Waals surface area contributed by atoms with Crippen molar-refractivity contribution in [2.45, 2.75) is 25.6 Å². The van der Waals surface area contributed by atoms with Crippen LogP contribution in [0.5, 0.6) is 0 Å². The number of thioether (sulfide) groups is 1. The van der Waals surface area contributed by atoms with E-state index in [0.29, 0.717) is 18.2 Å². The van der Waals surface area contributed by atoms with Crippen molar-refractivity contribution in [1.29, 1.82) is 0 Å². The molecule has 1 aromatic rings. The maximum absolute atomic E-state index is 13.0. The standard InChI is InChI=1S/C12H15F3N2O2S/c1-3-8(7-20-2)16-11-5-4-9(17(18)19)6-10(11)12(13,14)15/h4-6,8,16H,3,7H2,1-2H3. The maximum atomic E-state index is 13.0. The van der Waals surface area contributed by atoms with Gasteiger partial charge in [0, 0.05) is 29.6 Å². The SMILES string of the molecule is CCC(CSC)Nc1ccc([N+](=O)[O-])cc1C(F)(F)F. The smallest absolute Gasteiger partial charge is 0.381 e. The summed E-state index contributed by atoms with van der Waals surface area (Å²) in [6.07, 6.45) is -2.11. The van der Waals surface area contributed by atoms with E-state index in [0.717, 1.165) is 12.1 Å². The minimum Gasteiger partial charge on any atom is -0.381 e. The molecule has 0 aliphatic heterocycles. The molecule has 0 aliphatic rings. The van der Waals surface area contributed by atoms with Crippen molar-refractivity contribution in [2.75, 3.05) is 17.3 Å². The highest BCUT2D eigenvalue weighted by molar-refractivity contribution is 7.98. The minimum atomic E-state index is -4.63. The predicted octanol–water partition coefficient (Wildman–Crippen LogP) is 4.17. The van der Waals surface area contributed by atoms with Crippen LogP contribution in [0, 0.1) is 10.1 Å². The Kier molecular flexibility index (Phi) is 5.67. The van der Waals surface area contributed by atoms with Gasteiger partial charge in [-0.25, -0.2) is 0 Å². The van der Waals surface area contributed by atoms with Gasteiger partial charge in [-0.15, -0.1) is 0 Å². The number of nitro groups is 1. The van der Waals surface area contributed by atoms with Gasteiger partial charge in [0.25, 0.3) is 5.69 Å². The van der Waals surface area contributed by atoms with E-state index in [9.17, 15) is 23.3 Å². The molecule has 0 aromatic heterocycles. The lowest BCUT2D eigenvalue weighted by molar-refractivity contribution is -0.385. The Balaban J connectivity index is 3.15. The lowest BCUT2D eigenvalue weighted by atomic mass is 10.1. The van der Waals surface area contributed by atoms with Crippen molar-refractivity contribution in [3.05, 3.63) is 33.9 Å². The van der Waals surface area contributed by atoms with Crippen LogP contribution < -0.4 is 5.32 Å². The molecule has 0 fully saturated rings. The summed E-state index contributed by atoms with van der Waals surface area (Å²) in [6, 6.07) is 2.63. The molecule has 0 amide bonds. The van der Waals surface area contributed by atoms with Crippen LogP contribution in [0.3, 0.4) is 0 Å². The minimum absolute atomic E-state index is 0.118. The molecule has 4 nitrogen and oxygen atoms in total. The van der Waals surface area contributed by atoms with E-state index in [2.05, 4.69) is 5.32 Å². The maximum Gasteiger partial charge on any atom is 0.418 e. The molecule has 8 heteroatoms. The van der Waals surface area contributed by atoms with Gasteiger partial charge in [-0.2, -0.15) is 24.9 Å². The van der Waals surface area contributed by atoms with E-state index in [4.69, 9.17) is 0 Å². The fourth-order valence-electron chi connectivity index (χ4n) is 1.69. The first kappa shape index (κ1) is 16.6. The molecule has 0 radical (unpaired) electrons. The summed E-state index contributed by atoms with van der Waals surface area (Å²) in [6.45, 7) is 1.87. The Morgan fingerprint density at radius 2 is 2.10 bits per heavy atom. The molecule has 0 bridgehead atoms. The summed E-state index contributed by atoms with van der Waals surface area (Å²) in [7, 11) is 0. The number of hydrogen-bond donors (Lipinski definition) is 1. The fraction of sp³-hybridized carbons (Fsp3) is 0.500. The fourth-order valence-corrected chi connectivity index (χ4v) is 2.41. The van der Waals surface area contributed by atoms with Crippen LogP contribution in [0.2, 0.25) is 0 Å². The van der Waals surface area contributed by atoms with E-state index >= 15 is 0 Å². The number of nitro benzene ring substituents is 1. The zero-order valence-electron chi connectivity index (χ0n) is 11.0. The van der Waals surface area contributed by atoms with Gasteiger partial charge in [-0.3, -0.25) is 10.1 Å². The Hall–Kier alpha value is -1.44. The van der Waals surface area contributed by atoms with Crippen LogP contribution in [0.1, 0.15) is 18.9 Å². The normalized spacial score (nSPS) is 13.1. The van der Waals surface area contributed by atoms with Crippen molar-refractivity contribution in [2.24, 2.45) is 0 Å². The Morgan fingerprint density at radius 3 is 2.55 bits per heavy atom. The quantitative estimate of drug-likeness (QED) is 0.633. The van der Waals surface area contributed by atoms with E-state index in [1.807, 2.05) is 13.2 Å². The zero-order chi connectivity index (χ0) is 15.3. The van der Waals surface area contributed by atoms with Crippen LogP contribution in [-0.2, 0) is 6.18 Å². The highest BCUT2D eigenvalue weighted by atomic mass is 32.2. The van der Waals surface area contributed by atoms with E-state index in [-0.39, 0.29) is 11.7 Å². The molecular weight excluding hydrogens is 293 g/mol. The summed E-state index contributed by atoms with van der Waals surface area (Å²) < 4.78 is 38.9. The van der Waals surface area contributed by atoms with Crippen molar-refractivity contribution in [1.82, 2.24) is 0 Å². The van der Waals surface area contributed by atoms with Crippen LogP contribution in [0.15, 0.2) is 18.2 Å². The van der Waals surface area contributed by atoms with Gasteiger partial charge in [-0.05, 0) is 18.7 Å². The van der Waals surface area contributed by atoms with Crippen LogP contribution in [-0.4, -0.2) is 23.0 Å². The summed E-state index contributed by atoms with van der Waals surface area (Å²) in [4.78, 5) is 9.75. The van der Waals surface area contributed by atoms with Gasteiger partial charge in [0.2, 0.25) is 0 Å². The number of alkyl halides is 3. The number of nitrogens with zero attached hydrogens (tertiary/aromatic N) is 1. The molecule has 1 atom stereocenters. The van der Waals surface area contributed by atoms with E-state index < -0.39 is 22.4 Å². The van der Waals surface area contributed by atoms with Gasteiger partial charge in [0.1, 0.15) is 0 Å². The third kappa shape index (κ3) is 4.29. The highest BCUT2D eigenvalue weighted by Crippen LogP contribution is 2.37. The highest BCUT2D eigenvalue weighted by Gasteiger charge is 2.35. The monoisotopic (exact) mass is 308 g/mol. The van der Waals surface area contributed by atoms with E-state index in [1.54, 1.807) is 0 Å². The van der Waals surface area contributed by atoms with Gasteiger partial charge >= 0.3 is 6.18 Å². The van der Waals surface area contributed by atoms with Crippen LogP contribution >= 0.6 is 11.8 Å². The molecule has 1 rings (SSSR count). The third-order valence-corrected chi connectivity index (χ3v) is 3.48. The molecular formula is C12H15F3N2O2S. The third-order valence-electron chi connectivity index (χ3n) is 2.74. The second kappa shape index (κ2) is 6.83. The molecule has 0 saturated carbocycles. The van der Waals surface area contributed by atoms with Gasteiger partial charge in [-0.1, -0.05) is 6.92 Å². The lowest BCUT2D eigenvalue weighted by Gasteiger charge is -2.20. The summed E-state index contributed by atoms with van der Waals surface area (Å²) in [5.41, 5.74) is -1.70. The molecule has 0 aliphatic carbocycles. The number of benzene rings is 1. The van der Waals surface area contributed by atoms with Crippen molar-refractivity contribution < 1.29 is 18.1 Å². The van der Waals surface area contributed by atoms with Gasteiger partial charge in [0.05, 0.1) is 10.5 Å². The molecule has 20 heavy (non-hydrogen) atoms. The largest absolute Gasteiger partial charge is 0.418 e. The summed E-state index contributed by atoms with van der Waals surface area (Å²) in [5.74, 6) is 0.658. The second-order valence-electron chi connectivity index (χ2n) is 4.19. The number of anilines is 1. The van der Waals surface area contributed by atoms with Gasteiger partial charge < -0.3 is 5.32 Å². The summed E-state index contributed by atoms with van der Waals surface area (Å²) >= 11 is 1.52. The summed E-state index contributed by atoms with van der Waals surface area (Å²) in [5, 5.41) is 13.4. The van der Waals surface area contributed by atoms with Crippen LogP contribution in [0.25, 0.3) is 0 Å². The van der Waals surface area contributed by atoms with Crippen molar-refractivity contribution in [3.63, 3.8) is 0 Å². The van der Waals surface area contributed by atoms with Gasteiger partial charge in [0.15, 0.2) is 0 Å². The number of non-ortho nitro benzene ring substituents is 1. The second-order valence-corrected chi connectivity index (χ2v) is 5.10. The van der Waals surface area contributed by atoms with Crippen LogP contribution in [0.4, 0.5) is 24.5 Å². The average Bonchev–Trinajstić information content (AvgIpc) is 2.37. The molecule has 112 valence electrons. The predicted molar refractivity (Wildman–Crippen MR) is 74.2 cm³/mol. The Bertz CT molecular complexity index is 480. The number of nitrogens with one attached hydrogen (secondary N) is 1. The number of halogens is 3. The zero-order valence-corrected chi connectivity index (χ0v) is 11.8. The Morgan fingerprint density at radius 1 is 1.45 bits per heavy atom. The van der Waals surface area contributed by atoms with Crippen molar-refractivity contribution >= 4 is 23.1 Å². The van der Waals surface area contributed by atoms with E-state index in [1.165, 1.54) is 11.8 Å². The topological polar surface area (TPSA) is 55.2 Å². The molecule has 0 spiro atoms. The molecule has 0 saturated heterocycles. The first-order valence-electron chi connectivity index (χ1n) is 5.90. The first-order valence-corrected chi connectivity index (χ1v) is 7.30. The Labute approximate surface area is 118 Å². The first-order chi connectivity index (χ1) is 9.29. The molecule has 1 unspecified atom stereocenters. The molecule has 0 heterocycles. The number of rotatable bonds is 6. The lowest BCUT2D eigenvalue weighted by Crippen LogP contribution is -2.23. The molecule has 1 N–H and O–H groups in total. The number of hydrogen-bond acceptors (Lipinski definition) is 4. The molecule has 1 aromatic carbocycles. The average molecular weight is 308 g/mol. The van der Waals surface area contributed by atoms with Crippen molar-refractivity contribution in [3.8, 4) is 0 Å².